The largest absolute Gasteiger partial charge is 0.356 e. The van der Waals surface area contributed by atoms with Crippen LogP contribution >= 0.6 is 11.6 Å². The Balaban J connectivity index is 2.25. The van der Waals surface area contributed by atoms with Gasteiger partial charge in [-0.3, -0.25) is 0 Å². The van der Waals surface area contributed by atoms with Gasteiger partial charge >= 0.3 is 0 Å². The Hall–Kier alpha value is -0.830. The number of rotatable bonds is 4. The van der Waals surface area contributed by atoms with Crippen molar-refractivity contribution in [1.82, 2.24) is 9.97 Å². The average Bonchev–Trinajstić information content (AvgIpc) is 2.42. The lowest BCUT2D eigenvalue weighted by Crippen LogP contribution is -2.36. The van der Waals surface area contributed by atoms with E-state index < -0.39 is 0 Å². The van der Waals surface area contributed by atoms with Crippen LogP contribution in [0.25, 0.3) is 0 Å². The maximum atomic E-state index is 6.29. The lowest BCUT2D eigenvalue weighted by atomic mass is 9.86. The van der Waals surface area contributed by atoms with Gasteiger partial charge in [0.2, 0.25) is 0 Å². The van der Waals surface area contributed by atoms with Gasteiger partial charge in [-0.1, -0.05) is 38.3 Å². The van der Waals surface area contributed by atoms with Crippen molar-refractivity contribution in [2.75, 3.05) is 11.9 Å². The van der Waals surface area contributed by atoms with Crippen LogP contribution < -0.4 is 4.90 Å². The molecule has 1 saturated carbocycles. The van der Waals surface area contributed by atoms with E-state index in [9.17, 15) is 0 Å². The minimum absolute atomic E-state index is 0.581. The summed E-state index contributed by atoms with van der Waals surface area (Å²) >= 11 is 6.29. The maximum absolute atomic E-state index is 6.29. The highest BCUT2D eigenvalue weighted by Gasteiger charge is 2.25. The first-order valence-corrected chi connectivity index (χ1v) is 8.16. The van der Waals surface area contributed by atoms with Gasteiger partial charge in [-0.15, -0.1) is 0 Å². The average molecular weight is 296 g/mol. The van der Waals surface area contributed by atoms with Gasteiger partial charge in [-0.2, -0.15) is 0 Å². The summed E-state index contributed by atoms with van der Waals surface area (Å²) in [5.41, 5.74) is 1.01. The van der Waals surface area contributed by atoms with Crippen LogP contribution in [0.15, 0.2) is 0 Å². The first-order valence-electron chi connectivity index (χ1n) is 7.78. The molecule has 1 aliphatic rings. The van der Waals surface area contributed by atoms with E-state index in [4.69, 9.17) is 16.6 Å². The lowest BCUT2D eigenvalue weighted by molar-refractivity contribution is 0.335. The minimum Gasteiger partial charge on any atom is -0.356 e. The molecule has 0 spiro atoms. The molecule has 3 nitrogen and oxygen atoms in total. The molecule has 2 rings (SSSR count). The molecule has 0 aliphatic heterocycles. The Kier molecular flexibility index (Phi) is 5.25. The van der Waals surface area contributed by atoms with Crippen LogP contribution in [-0.2, 0) is 6.42 Å². The van der Waals surface area contributed by atoms with Crippen molar-refractivity contribution in [3.63, 3.8) is 0 Å². The highest BCUT2D eigenvalue weighted by Crippen LogP contribution is 2.31. The van der Waals surface area contributed by atoms with E-state index in [2.05, 4.69) is 30.8 Å². The third kappa shape index (κ3) is 3.43. The van der Waals surface area contributed by atoms with Crippen molar-refractivity contribution in [2.24, 2.45) is 5.92 Å². The fraction of sp³-hybridized carbons (Fsp3) is 0.750. The molecular weight excluding hydrogens is 270 g/mol. The number of anilines is 1. The van der Waals surface area contributed by atoms with Crippen LogP contribution in [0.3, 0.4) is 0 Å². The van der Waals surface area contributed by atoms with E-state index in [0.29, 0.717) is 11.2 Å². The Labute approximate surface area is 127 Å². The van der Waals surface area contributed by atoms with Crippen LogP contribution in [0, 0.1) is 12.8 Å². The molecule has 0 amide bonds. The zero-order chi connectivity index (χ0) is 14.7. The molecule has 0 radical (unpaired) electrons. The summed E-state index contributed by atoms with van der Waals surface area (Å²) in [5.74, 6) is 2.70. The number of hydrogen-bond donors (Lipinski definition) is 0. The third-order valence-corrected chi connectivity index (χ3v) is 4.74. The summed E-state index contributed by atoms with van der Waals surface area (Å²) in [6, 6.07) is 0.581. The molecule has 1 fully saturated rings. The molecule has 112 valence electrons. The van der Waals surface area contributed by atoms with E-state index in [0.717, 1.165) is 36.0 Å². The Morgan fingerprint density at radius 1 is 1.30 bits per heavy atom. The second-order valence-corrected chi connectivity index (χ2v) is 6.52. The summed E-state index contributed by atoms with van der Waals surface area (Å²) in [6.45, 7) is 6.52. The molecule has 1 heterocycles. The Bertz CT molecular complexity index is 461. The van der Waals surface area contributed by atoms with Gasteiger partial charge in [-0.25, -0.2) is 9.97 Å². The van der Waals surface area contributed by atoms with E-state index in [1.807, 2.05) is 6.92 Å². The molecule has 1 aromatic rings. The van der Waals surface area contributed by atoms with Crippen molar-refractivity contribution >= 4 is 17.4 Å². The van der Waals surface area contributed by atoms with Gasteiger partial charge in [-0.05, 0) is 32.1 Å². The molecular formula is C16H26ClN3. The number of hydrogen-bond acceptors (Lipinski definition) is 3. The molecule has 2 unspecified atom stereocenters. The van der Waals surface area contributed by atoms with Gasteiger partial charge in [0.05, 0.1) is 0 Å². The van der Waals surface area contributed by atoms with Crippen molar-refractivity contribution in [2.45, 2.75) is 65.3 Å². The first kappa shape index (κ1) is 15.6. The third-order valence-electron chi connectivity index (χ3n) is 4.37. The quantitative estimate of drug-likeness (QED) is 0.771. The minimum atomic E-state index is 0.581. The SMILES string of the molecule is CCCc1nc(Cl)c(C)c(N(C)C2CCCC(C)C2)n1. The second-order valence-electron chi connectivity index (χ2n) is 6.17. The molecule has 1 aromatic heterocycles. The molecule has 4 heteroatoms. The van der Waals surface area contributed by atoms with Crippen LogP contribution in [0.4, 0.5) is 5.82 Å². The monoisotopic (exact) mass is 295 g/mol. The normalized spacial score (nSPS) is 22.9. The summed E-state index contributed by atoms with van der Waals surface area (Å²) in [6.07, 6.45) is 7.11. The van der Waals surface area contributed by atoms with E-state index >= 15 is 0 Å². The zero-order valence-electron chi connectivity index (χ0n) is 13.1. The maximum Gasteiger partial charge on any atom is 0.137 e. The molecule has 0 N–H and O–H groups in total. The van der Waals surface area contributed by atoms with Crippen molar-refractivity contribution in [1.29, 1.82) is 0 Å². The van der Waals surface area contributed by atoms with E-state index in [1.165, 1.54) is 25.7 Å². The fourth-order valence-electron chi connectivity index (χ4n) is 3.13. The predicted molar refractivity (Wildman–Crippen MR) is 85.6 cm³/mol. The van der Waals surface area contributed by atoms with Gasteiger partial charge < -0.3 is 4.90 Å². The van der Waals surface area contributed by atoms with Crippen molar-refractivity contribution in [3.8, 4) is 0 Å². The Morgan fingerprint density at radius 3 is 2.70 bits per heavy atom. The van der Waals surface area contributed by atoms with Gasteiger partial charge in [0.25, 0.3) is 0 Å². The highest BCUT2D eigenvalue weighted by atomic mass is 35.5. The summed E-state index contributed by atoms with van der Waals surface area (Å²) < 4.78 is 0. The fourth-order valence-corrected chi connectivity index (χ4v) is 3.31. The number of nitrogens with zero attached hydrogens (tertiary/aromatic N) is 3. The van der Waals surface area contributed by atoms with Gasteiger partial charge in [0, 0.05) is 25.1 Å². The number of aromatic nitrogens is 2. The molecule has 2 atom stereocenters. The second kappa shape index (κ2) is 6.75. The van der Waals surface area contributed by atoms with Crippen LogP contribution in [0.5, 0.6) is 0 Å². The first-order chi connectivity index (χ1) is 9.52. The van der Waals surface area contributed by atoms with Gasteiger partial charge in [0.1, 0.15) is 16.8 Å². The standard InChI is InChI=1S/C16H26ClN3/c1-5-7-14-18-15(17)12(3)16(19-14)20(4)13-9-6-8-11(2)10-13/h11,13H,5-10H2,1-4H3. The number of aryl methyl sites for hydroxylation is 1. The number of halogens is 1. The molecule has 0 bridgehead atoms. The molecule has 0 aromatic carbocycles. The predicted octanol–water partition coefficient (Wildman–Crippen LogP) is 4.41. The van der Waals surface area contributed by atoms with Crippen LogP contribution in [0.1, 0.15) is 57.3 Å². The van der Waals surface area contributed by atoms with E-state index in [-0.39, 0.29) is 0 Å². The lowest BCUT2D eigenvalue weighted by Gasteiger charge is -2.35. The molecule has 1 aliphatic carbocycles. The summed E-state index contributed by atoms with van der Waals surface area (Å²) in [5, 5.41) is 0.606. The molecule has 0 saturated heterocycles. The topological polar surface area (TPSA) is 29.0 Å². The van der Waals surface area contributed by atoms with E-state index in [1.54, 1.807) is 0 Å². The van der Waals surface area contributed by atoms with Crippen LogP contribution in [0.2, 0.25) is 5.15 Å². The van der Waals surface area contributed by atoms with Crippen molar-refractivity contribution < 1.29 is 0 Å². The Morgan fingerprint density at radius 2 is 2.05 bits per heavy atom. The van der Waals surface area contributed by atoms with Crippen molar-refractivity contribution in [3.05, 3.63) is 16.5 Å². The smallest absolute Gasteiger partial charge is 0.137 e. The summed E-state index contributed by atoms with van der Waals surface area (Å²) in [4.78, 5) is 11.5. The zero-order valence-corrected chi connectivity index (χ0v) is 13.9. The summed E-state index contributed by atoms with van der Waals surface area (Å²) in [7, 11) is 2.16. The van der Waals surface area contributed by atoms with Crippen LogP contribution in [-0.4, -0.2) is 23.1 Å². The molecule has 20 heavy (non-hydrogen) atoms. The highest BCUT2D eigenvalue weighted by molar-refractivity contribution is 6.30. The van der Waals surface area contributed by atoms with Gasteiger partial charge in [0.15, 0.2) is 0 Å².